The third-order valence-electron chi connectivity index (χ3n) is 2.34. The van der Waals surface area contributed by atoms with E-state index in [0.29, 0.717) is 6.42 Å². The van der Waals surface area contributed by atoms with Crippen molar-refractivity contribution in [3.05, 3.63) is 59.7 Å². The SMILES string of the molecule is B.Oc1cccc(Cc2ccccc2)c1O. The Labute approximate surface area is 96.8 Å². The Kier molecular flexibility index (Phi) is 4.00. The fraction of sp³-hybridized carbons (Fsp3) is 0.0769. The van der Waals surface area contributed by atoms with Gasteiger partial charge in [0, 0.05) is 12.0 Å². The highest BCUT2D eigenvalue weighted by Crippen LogP contribution is 2.29. The fourth-order valence-corrected chi connectivity index (χ4v) is 1.54. The van der Waals surface area contributed by atoms with Gasteiger partial charge in [0.15, 0.2) is 11.5 Å². The fourth-order valence-electron chi connectivity index (χ4n) is 1.54. The maximum absolute atomic E-state index is 9.61. The van der Waals surface area contributed by atoms with E-state index in [0.717, 1.165) is 11.1 Å². The Balaban J connectivity index is 0.00000128. The van der Waals surface area contributed by atoms with Crippen molar-refractivity contribution in [2.45, 2.75) is 6.42 Å². The Morgan fingerprint density at radius 2 is 1.50 bits per heavy atom. The van der Waals surface area contributed by atoms with Gasteiger partial charge in [-0.3, -0.25) is 0 Å². The lowest BCUT2D eigenvalue weighted by atomic mass is 10.0. The van der Waals surface area contributed by atoms with Crippen molar-refractivity contribution >= 4 is 8.41 Å². The van der Waals surface area contributed by atoms with Gasteiger partial charge in [0.25, 0.3) is 0 Å². The summed E-state index contributed by atoms with van der Waals surface area (Å²) in [4.78, 5) is 0. The second-order valence-electron chi connectivity index (χ2n) is 3.45. The monoisotopic (exact) mass is 214 g/mol. The van der Waals surface area contributed by atoms with E-state index >= 15 is 0 Å². The smallest absolute Gasteiger partial charge is 0.161 e. The zero-order valence-corrected chi connectivity index (χ0v) is 8.22. The molecule has 0 atom stereocenters. The second-order valence-corrected chi connectivity index (χ2v) is 3.45. The predicted octanol–water partition coefficient (Wildman–Crippen LogP) is 1.50. The topological polar surface area (TPSA) is 40.5 Å². The van der Waals surface area contributed by atoms with Crippen molar-refractivity contribution in [1.82, 2.24) is 0 Å². The number of para-hydroxylation sites is 1. The molecule has 0 aliphatic carbocycles. The van der Waals surface area contributed by atoms with Crippen molar-refractivity contribution in [1.29, 1.82) is 0 Å². The average molecular weight is 214 g/mol. The molecule has 0 amide bonds. The number of hydrogen-bond acceptors (Lipinski definition) is 2. The molecule has 2 aromatic rings. The molecule has 0 aromatic heterocycles. The van der Waals surface area contributed by atoms with E-state index in [1.54, 1.807) is 6.07 Å². The van der Waals surface area contributed by atoms with Gasteiger partial charge in [-0.05, 0) is 11.6 Å². The minimum Gasteiger partial charge on any atom is -0.504 e. The Hall–Kier alpha value is -1.90. The number of benzene rings is 2. The molecule has 82 valence electrons. The number of phenolic OH excluding ortho intramolecular Hbond substituents is 2. The molecule has 16 heavy (non-hydrogen) atoms. The molecule has 0 spiro atoms. The summed E-state index contributed by atoms with van der Waals surface area (Å²) in [6.45, 7) is 0. The molecule has 0 unspecified atom stereocenters. The highest BCUT2D eigenvalue weighted by atomic mass is 16.3. The summed E-state index contributed by atoms with van der Waals surface area (Å²) in [6.07, 6.45) is 0.626. The largest absolute Gasteiger partial charge is 0.504 e. The van der Waals surface area contributed by atoms with Crippen LogP contribution in [0.3, 0.4) is 0 Å². The molecule has 0 aliphatic heterocycles. The lowest BCUT2D eigenvalue weighted by molar-refractivity contribution is 0.400. The van der Waals surface area contributed by atoms with Crippen LogP contribution in [0.2, 0.25) is 0 Å². The van der Waals surface area contributed by atoms with Crippen molar-refractivity contribution in [3.63, 3.8) is 0 Å². The van der Waals surface area contributed by atoms with Crippen LogP contribution in [-0.4, -0.2) is 18.6 Å². The molecule has 0 aliphatic rings. The Morgan fingerprint density at radius 3 is 2.19 bits per heavy atom. The van der Waals surface area contributed by atoms with Gasteiger partial charge < -0.3 is 10.2 Å². The molecule has 2 rings (SSSR count). The van der Waals surface area contributed by atoms with E-state index in [-0.39, 0.29) is 19.9 Å². The third kappa shape index (κ3) is 2.57. The summed E-state index contributed by atoms with van der Waals surface area (Å²) in [5.41, 5.74) is 1.85. The molecule has 2 nitrogen and oxygen atoms in total. The number of aromatic hydroxyl groups is 2. The summed E-state index contributed by atoms with van der Waals surface area (Å²) < 4.78 is 0. The van der Waals surface area contributed by atoms with Gasteiger partial charge in [0.2, 0.25) is 0 Å². The lowest BCUT2D eigenvalue weighted by Crippen LogP contribution is -1.88. The molecule has 2 aromatic carbocycles. The zero-order chi connectivity index (χ0) is 10.7. The van der Waals surface area contributed by atoms with Crippen LogP contribution in [0.5, 0.6) is 11.5 Å². The molecule has 0 radical (unpaired) electrons. The van der Waals surface area contributed by atoms with Crippen LogP contribution in [-0.2, 0) is 6.42 Å². The van der Waals surface area contributed by atoms with Crippen molar-refractivity contribution in [2.75, 3.05) is 0 Å². The maximum Gasteiger partial charge on any atom is 0.161 e. The molecular formula is C13H15BO2. The normalized spacial score (nSPS) is 9.50. The minimum atomic E-state index is -0.0663. The summed E-state index contributed by atoms with van der Waals surface area (Å²) in [6, 6.07) is 14.8. The van der Waals surface area contributed by atoms with E-state index in [2.05, 4.69) is 0 Å². The van der Waals surface area contributed by atoms with Crippen LogP contribution in [0.25, 0.3) is 0 Å². The van der Waals surface area contributed by atoms with Gasteiger partial charge in [-0.15, -0.1) is 0 Å². The first-order valence-corrected chi connectivity index (χ1v) is 4.81. The Morgan fingerprint density at radius 1 is 0.812 bits per heavy atom. The summed E-state index contributed by atoms with van der Waals surface area (Å²) in [5.74, 6) is -0.0928. The van der Waals surface area contributed by atoms with E-state index < -0.39 is 0 Å². The van der Waals surface area contributed by atoms with Crippen molar-refractivity contribution < 1.29 is 10.2 Å². The first-order valence-electron chi connectivity index (χ1n) is 4.81. The molecule has 2 N–H and O–H groups in total. The summed E-state index contributed by atoms with van der Waals surface area (Å²) in [5, 5.41) is 18.9. The van der Waals surface area contributed by atoms with Crippen LogP contribution < -0.4 is 0 Å². The van der Waals surface area contributed by atoms with Crippen molar-refractivity contribution in [3.8, 4) is 11.5 Å². The van der Waals surface area contributed by atoms with Crippen LogP contribution in [0.15, 0.2) is 48.5 Å². The van der Waals surface area contributed by atoms with E-state index in [4.69, 9.17) is 0 Å². The van der Waals surface area contributed by atoms with Gasteiger partial charge in [-0.2, -0.15) is 0 Å². The van der Waals surface area contributed by atoms with Crippen LogP contribution in [0.4, 0.5) is 0 Å². The molecular weight excluding hydrogens is 199 g/mol. The molecule has 3 heteroatoms. The van der Waals surface area contributed by atoms with Gasteiger partial charge in [-0.1, -0.05) is 42.5 Å². The molecule has 0 fully saturated rings. The van der Waals surface area contributed by atoms with Gasteiger partial charge in [-0.25, -0.2) is 0 Å². The van der Waals surface area contributed by atoms with Crippen LogP contribution in [0.1, 0.15) is 11.1 Å². The predicted molar refractivity (Wildman–Crippen MR) is 69.0 cm³/mol. The summed E-state index contributed by atoms with van der Waals surface area (Å²) in [7, 11) is 0. The number of rotatable bonds is 2. The quantitative estimate of drug-likeness (QED) is 0.587. The highest BCUT2D eigenvalue weighted by Gasteiger charge is 2.05. The van der Waals surface area contributed by atoms with Gasteiger partial charge >= 0.3 is 0 Å². The first kappa shape index (κ1) is 12.2. The van der Waals surface area contributed by atoms with Crippen molar-refractivity contribution in [2.24, 2.45) is 0 Å². The third-order valence-corrected chi connectivity index (χ3v) is 2.34. The van der Waals surface area contributed by atoms with Gasteiger partial charge in [0.05, 0.1) is 8.41 Å². The number of hydrogen-bond donors (Lipinski definition) is 2. The van der Waals surface area contributed by atoms with Crippen LogP contribution >= 0.6 is 0 Å². The first-order chi connectivity index (χ1) is 7.27. The summed E-state index contributed by atoms with van der Waals surface area (Å²) >= 11 is 0. The van der Waals surface area contributed by atoms with Gasteiger partial charge in [0.1, 0.15) is 0 Å². The van der Waals surface area contributed by atoms with E-state index in [9.17, 15) is 10.2 Å². The highest BCUT2D eigenvalue weighted by molar-refractivity contribution is 5.75. The zero-order valence-electron chi connectivity index (χ0n) is 8.22. The van der Waals surface area contributed by atoms with E-state index in [1.165, 1.54) is 6.07 Å². The van der Waals surface area contributed by atoms with Crippen LogP contribution in [0, 0.1) is 0 Å². The molecule has 0 saturated carbocycles. The number of phenols is 2. The molecule has 0 saturated heterocycles. The van der Waals surface area contributed by atoms with E-state index in [1.807, 2.05) is 36.4 Å². The minimum absolute atomic E-state index is 0. The standard InChI is InChI=1S/C13H12O2.BH3/c14-12-8-4-7-11(13(12)15)9-10-5-2-1-3-6-10;/h1-8,14-15H,9H2;1H3. The second kappa shape index (κ2) is 5.26. The maximum atomic E-state index is 9.61. The average Bonchev–Trinajstić information content (AvgIpc) is 2.26. The lowest BCUT2D eigenvalue weighted by Gasteiger charge is -2.05. The molecule has 0 bridgehead atoms. The molecule has 0 heterocycles. The Bertz CT molecular complexity index is 455.